The number of carbonyl (C=O) groups excluding carboxylic acids is 1. The largest absolute Gasteiger partial charge is 0.378 e. The number of benzene rings is 1. The van der Waals surface area contributed by atoms with Gasteiger partial charge in [-0.15, -0.1) is 5.10 Å². The first-order chi connectivity index (χ1) is 14.6. The van der Waals surface area contributed by atoms with E-state index >= 15 is 0 Å². The lowest BCUT2D eigenvalue weighted by Crippen LogP contribution is -2.21. The summed E-state index contributed by atoms with van der Waals surface area (Å²) in [5.74, 6) is -0.215. The molecule has 0 unspecified atom stereocenters. The molecule has 158 valence electrons. The van der Waals surface area contributed by atoms with Crippen LogP contribution in [0.15, 0.2) is 34.0 Å². The highest BCUT2D eigenvalue weighted by Gasteiger charge is 2.23. The van der Waals surface area contributed by atoms with E-state index < -0.39 is 5.91 Å². The van der Waals surface area contributed by atoms with E-state index in [1.165, 1.54) is 4.68 Å². The molecule has 0 spiro atoms. The van der Waals surface area contributed by atoms with E-state index in [1.807, 2.05) is 31.2 Å². The second kappa shape index (κ2) is 9.63. The summed E-state index contributed by atoms with van der Waals surface area (Å²) in [6.07, 6.45) is 2.88. The molecule has 0 aliphatic heterocycles. The molecule has 30 heavy (non-hydrogen) atoms. The number of nitrogens with one attached hydrogen (secondary N) is 1. The van der Waals surface area contributed by atoms with Crippen LogP contribution in [-0.2, 0) is 6.42 Å². The third kappa shape index (κ3) is 4.45. The van der Waals surface area contributed by atoms with Gasteiger partial charge in [0.05, 0.1) is 11.9 Å². The molecule has 0 aliphatic rings. The third-order valence-corrected chi connectivity index (χ3v) is 4.56. The van der Waals surface area contributed by atoms with Gasteiger partial charge < -0.3 is 10.6 Å². The Morgan fingerprint density at radius 3 is 2.57 bits per heavy atom. The van der Waals surface area contributed by atoms with Crippen molar-refractivity contribution in [3.63, 3.8) is 0 Å². The number of nitrogens with two attached hydrogens (primary N) is 1. The number of nitrogens with zero attached hydrogens (tertiary/aromatic N) is 7. The summed E-state index contributed by atoms with van der Waals surface area (Å²) < 4.78 is 5.97. The van der Waals surface area contributed by atoms with Crippen LogP contribution < -0.4 is 16.1 Å². The quantitative estimate of drug-likeness (QED) is 0.401. The number of nitrogen functional groups attached to an aromatic ring is 1. The molecule has 3 N–H and O–H groups in total. The van der Waals surface area contributed by atoms with Crippen LogP contribution in [0.2, 0.25) is 0 Å². The third-order valence-electron chi connectivity index (χ3n) is 4.56. The topological polar surface area (TPSA) is 140 Å². The maximum Gasteiger partial charge on any atom is 0.293 e. The Morgan fingerprint density at radius 2 is 1.97 bits per heavy atom. The van der Waals surface area contributed by atoms with E-state index in [4.69, 9.17) is 5.73 Å². The van der Waals surface area contributed by atoms with Gasteiger partial charge in [0, 0.05) is 18.8 Å². The average Bonchev–Trinajstić information content (AvgIpc) is 3.36. The molecule has 0 atom stereocenters. The monoisotopic (exact) mass is 411 g/mol. The van der Waals surface area contributed by atoms with E-state index in [0.29, 0.717) is 12.1 Å². The normalized spacial score (nSPS) is 11.2. The highest BCUT2D eigenvalue weighted by atomic mass is 16.6. The van der Waals surface area contributed by atoms with Gasteiger partial charge in [-0.25, -0.2) is 10.1 Å². The number of carbonyl (C=O) groups is 1. The van der Waals surface area contributed by atoms with Crippen LogP contribution >= 0.6 is 0 Å². The van der Waals surface area contributed by atoms with E-state index in [1.54, 1.807) is 6.21 Å². The summed E-state index contributed by atoms with van der Waals surface area (Å²) in [5, 5.41) is 19.2. The van der Waals surface area contributed by atoms with Crippen molar-refractivity contribution in [3.05, 3.63) is 41.2 Å². The van der Waals surface area contributed by atoms with Gasteiger partial charge in [-0.05, 0) is 48.3 Å². The maximum atomic E-state index is 12.6. The minimum atomic E-state index is -0.476. The Kier molecular flexibility index (Phi) is 6.73. The first kappa shape index (κ1) is 21.0. The average molecular weight is 411 g/mol. The SMILES string of the molecule is CCCc1c(C(=O)N/N=C/c2ccc(N(CC)CC)cc2)nnn1-c1nonc1N. The Labute approximate surface area is 173 Å². The zero-order valence-corrected chi connectivity index (χ0v) is 17.2. The lowest BCUT2D eigenvalue weighted by Gasteiger charge is -2.20. The molecule has 11 nitrogen and oxygen atoms in total. The van der Waals surface area contributed by atoms with Gasteiger partial charge in [0.15, 0.2) is 5.69 Å². The van der Waals surface area contributed by atoms with Crippen molar-refractivity contribution in [1.82, 2.24) is 30.7 Å². The predicted molar refractivity (Wildman–Crippen MR) is 113 cm³/mol. The van der Waals surface area contributed by atoms with Gasteiger partial charge in [-0.2, -0.15) is 9.78 Å². The van der Waals surface area contributed by atoms with Gasteiger partial charge in [0.2, 0.25) is 11.6 Å². The molecular formula is C19H25N9O2. The Balaban J connectivity index is 1.72. The van der Waals surface area contributed by atoms with Crippen LogP contribution in [0.4, 0.5) is 11.5 Å². The molecule has 1 amide bonds. The summed E-state index contributed by atoms with van der Waals surface area (Å²) >= 11 is 0. The molecule has 3 rings (SSSR count). The summed E-state index contributed by atoms with van der Waals surface area (Å²) in [4.78, 5) is 14.8. The minimum Gasteiger partial charge on any atom is -0.378 e. The van der Waals surface area contributed by atoms with Gasteiger partial charge in [-0.3, -0.25) is 4.79 Å². The van der Waals surface area contributed by atoms with E-state index in [0.717, 1.165) is 30.8 Å². The van der Waals surface area contributed by atoms with Crippen molar-refractivity contribution in [1.29, 1.82) is 0 Å². The fourth-order valence-electron chi connectivity index (χ4n) is 3.03. The van der Waals surface area contributed by atoms with Crippen LogP contribution in [0, 0.1) is 0 Å². The molecule has 0 radical (unpaired) electrons. The van der Waals surface area contributed by atoms with Crippen LogP contribution in [0.25, 0.3) is 5.82 Å². The molecule has 0 aliphatic carbocycles. The highest BCUT2D eigenvalue weighted by Crippen LogP contribution is 2.17. The van der Waals surface area contributed by atoms with Crippen molar-refractivity contribution >= 4 is 23.6 Å². The lowest BCUT2D eigenvalue weighted by atomic mass is 10.2. The Morgan fingerprint density at radius 1 is 1.23 bits per heavy atom. The van der Waals surface area contributed by atoms with Crippen LogP contribution in [-0.4, -0.2) is 50.5 Å². The van der Waals surface area contributed by atoms with Gasteiger partial charge >= 0.3 is 0 Å². The van der Waals surface area contributed by atoms with E-state index in [-0.39, 0.29) is 17.3 Å². The summed E-state index contributed by atoms with van der Waals surface area (Å²) in [6, 6.07) is 7.94. The van der Waals surface area contributed by atoms with Gasteiger partial charge in [0.1, 0.15) is 0 Å². The second-order valence-corrected chi connectivity index (χ2v) is 6.48. The number of amides is 1. The van der Waals surface area contributed by atoms with Crippen LogP contribution in [0.5, 0.6) is 0 Å². The van der Waals surface area contributed by atoms with Crippen LogP contribution in [0.1, 0.15) is 48.9 Å². The fourth-order valence-corrected chi connectivity index (χ4v) is 3.03. The van der Waals surface area contributed by atoms with Crippen molar-refractivity contribution < 1.29 is 9.42 Å². The number of hydrazone groups is 1. The number of rotatable bonds is 9. The number of aromatic nitrogens is 5. The molecule has 0 saturated carbocycles. The Bertz CT molecular complexity index is 1000. The zero-order chi connectivity index (χ0) is 21.5. The molecule has 0 fully saturated rings. The molecule has 0 saturated heterocycles. The standard InChI is InChI=1S/C19H25N9O2/c1-4-7-15-16(22-26-28(15)18-17(20)24-30-25-18)19(29)23-21-12-13-8-10-14(11-9-13)27(5-2)6-3/h8-12H,4-7H2,1-3H3,(H2,20,24)(H,23,29)/b21-12+. The summed E-state index contributed by atoms with van der Waals surface area (Å²) in [5.41, 5.74) is 10.9. The molecule has 1 aromatic carbocycles. The molecule has 0 bridgehead atoms. The fraction of sp³-hybridized carbons (Fsp3) is 0.368. The van der Waals surface area contributed by atoms with E-state index in [9.17, 15) is 4.79 Å². The van der Waals surface area contributed by atoms with Crippen molar-refractivity contribution in [2.24, 2.45) is 5.10 Å². The van der Waals surface area contributed by atoms with Crippen molar-refractivity contribution in [2.75, 3.05) is 23.7 Å². The lowest BCUT2D eigenvalue weighted by molar-refractivity contribution is 0.0949. The van der Waals surface area contributed by atoms with Crippen molar-refractivity contribution in [2.45, 2.75) is 33.6 Å². The maximum absolute atomic E-state index is 12.6. The summed E-state index contributed by atoms with van der Waals surface area (Å²) in [7, 11) is 0. The van der Waals surface area contributed by atoms with E-state index in [2.05, 4.69) is 54.5 Å². The smallest absolute Gasteiger partial charge is 0.293 e. The molecule has 2 aromatic heterocycles. The molecular weight excluding hydrogens is 386 g/mol. The minimum absolute atomic E-state index is 0.0652. The number of hydrogen-bond acceptors (Lipinski definition) is 9. The van der Waals surface area contributed by atoms with Crippen LogP contribution in [0.3, 0.4) is 0 Å². The zero-order valence-electron chi connectivity index (χ0n) is 17.2. The van der Waals surface area contributed by atoms with Gasteiger partial charge in [-0.1, -0.05) is 30.7 Å². The first-order valence-corrected chi connectivity index (χ1v) is 9.80. The van der Waals surface area contributed by atoms with Crippen molar-refractivity contribution in [3.8, 4) is 5.82 Å². The number of hydrogen-bond donors (Lipinski definition) is 2. The molecule has 2 heterocycles. The molecule has 11 heteroatoms. The highest BCUT2D eigenvalue weighted by molar-refractivity contribution is 5.94. The second-order valence-electron chi connectivity index (χ2n) is 6.48. The first-order valence-electron chi connectivity index (χ1n) is 9.80. The predicted octanol–water partition coefficient (Wildman–Crippen LogP) is 1.80. The van der Waals surface area contributed by atoms with Gasteiger partial charge in [0.25, 0.3) is 5.91 Å². The molecule has 3 aromatic rings. The summed E-state index contributed by atoms with van der Waals surface area (Å²) in [6.45, 7) is 8.09. The Hall–Kier alpha value is -3.76. The number of anilines is 2.